The summed E-state index contributed by atoms with van der Waals surface area (Å²) < 4.78 is 39.7. The van der Waals surface area contributed by atoms with Crippen LogP contribution in [0, 0.1) is 0 Å². The summed E-state index contributed by atoms with van der Waals surface area (Å²) in [4.78, 5) is 0. The van der Waals surface area contributed by atoms with E-state index in [2.05, 4.69) is 5.16 Å². The van der Waals surface area contributed by atoms with E-state index in [1.165, 1.54) is 0 Å². The number of alkyl halides is 3. The molecular formula is C8H15F3N2O2. The van der Waals surface area contributed by atoms with E-state index in [4.69, 9.17) is 15.7 Å². The Hall–Kier alpha value is -0.980. The van der Waals surface area contributed by atoms with Gasteiger partial charge in [0.25, 0.3) is 0 Å². The zero-order valence-electron chi connectivity index (χ0n) is 8.26. The number of oxime groups is 1. The van der Waals surface area contributed by atoms with Crippen molar-refractivity contribution in [3.63, 3.8) is 0 Å². The standard InChI is InChI=1S/C8H15F3N2O2/c9-8(10,11)4-6-15-5-2-1-3-7(12)13-14/h14H,1-6H2,(H2,12,13). The Morgan fingerprint density at radius 2 is 1.93 bits per heavy atom. The Kier molecular flexibility index (Phi) is 6.85. The average molecular weight is 228 g/mol. The van der Waals surface area contributed by atoms with Crippen molar-refractivity contribution in [1.29, 1.82) is 0 Å². The number of amidine groups is 1. The summed E-state index contributed by atoms with van der Waals surface area (Å²) in [6, 6.07) is 0. The van der Waals surface area contributed by atoms with Gasteiger partial charge in [-0.25, -0.2) is 0 Å². The Morgan fingerprint density at radius 3 is 2.47 bits per heavy atom. The summed E-state index contributed by atoms with van der Waals surface area (Å²) in [5.74, 6) is 0.116. The maximum absolute atomic E-state index is 11.6. The fraction of sp³-hybridized carbons (Fsp3) is 0.875. The maximum atomic E-state index is 11.6. The average Bonchev–Trinajstić information content (AvgIpc) is 2.14. The van der Waals surface area contributed by atoms with Crippen LogP contribution < -0.4 is 5.73 Å². The third-order valence-corrected chi connectivity index (χ3v) is 1.63. The second-order valence-corrected chi connectivity index (χ2v) is 3.03. The van der Waals surface area contributed by atoms with Gasteiger partial charge in [-0.3, -0.25) is 0 Å². The molecule has 0 radical (unpaired) electrons. The van der Waals surface area contributed by atoms with Gasteiger partial charge in [0.05, 0.1) is 13.0 Å². The highest BCUT2D eigenvalue weighted by atomic mass is 19.4. The van der Waals surface area contributed by atoms with E-state index in [0.717, 1.165) is 0 Å². The Labute approximate surface area is 85.9 Å². The van der Waals surface area contributed by atoms with E-state index in [0.29, 0.717) is 19.3 Å². The van der Waals surface area contributed by atoms with Crippen LogP contribution in [0.15, 0.2) is 5.16 Å². The number of nitrogens with zero attached hydrogens (tertiary/aromatic N) is 1. The number of rotatable bonds is 7. The minimum absolute atomic E-state index is 0.116. The topological polar surface area (TPSA) is 67.8 Å². The first-order valence-corrected chi connectivity index (χ1v) is 4.56. The molecule has 7 heteroatoms. The van der Waals surface area contributed by atoms with Crippen LogP contribution in [0.1, 0.15) is 25.7 Å². The second kappa shape index (κ2) is 7.33. The summed E-state index contributed by atoms with van der Waals surface area (Å²) in [6.45, 7) is -0.0537. The molecule has 15 heavy (non-hydrogen) atoms. The van der Waals surface area contributed by atoms with Crippen molar-refractivity contribution in [3.05, 3.63) is 0 Å². The van der Waals surface area contributed by atoms with Gasteiger partial charge in [0.2, 0.25) is 0 Å². The number of nitrogens with two attached hydrogens (primary N) is 1. The fourth-order valence-corrected chi connectivity index (χ4v) is 0.850. The van der Waals surface area contributed by atoms with Gasteiger partial charge in [-0.2, -0.15) is 13.2 Å². The minimum atomic E-state index is -4.16. The predicted molar refractivity (Wildman–Crippen MR) is 48.8 cm³/mol. The lowest BCUT2D eigenvalue weighted by atomic mass is 10.2. The van der Waals surface area contributed by atoms with Gasteiger partial charge >= 0.3 is 6.18 Å². The second-order valence-electron chi connectivity index (χ2n) is 3.03. The number of halogens is 3. The van der Waals surface area contributed by atoms with E-state index in [9.17, 15) is 13.2 Å². The van der Waals surface area contributed by atoms with Gasteiger partial charge in [-0.15, -0.1) is 0 Å². The molecule has 0 saturated carbocycles. The van der Waals surface area contributed by atoms with Gasteiger partial charge in [0.1, 0.15) is 5.84 Å². The van der Waals surface area contributed by atoms with Crippen molar-refractivity contribution in [2.24, 2.45) is 10.9 Å². The smallest absolute Gasteiger partial charge is 0.391 e. The molecule has 0 amide bonds. The normalized spacial score (nSPS) is 13.1. The van der Waals surface area contributed by atoms with Crippen molar-refractivity contribution in [2.75, 3.05) is 13.2 Å². The summed E-state index contributed by atoms with van der Waals surface area (Å²) in [6.07, 6.45) is -3.45. The van der Waals surface area contributed by atoms with E-state index in [1.807, 2.05) is 0 Å². The van der Waals surface area contributed by atoms with Gasteiger partial charge in [-0.05, 0) is 12.8 Å². The Bertz CT molecular complexity index is 195. The SMILES string of the molecule is NC(CCCCOCCC(F)(F)F)=NO. The molecule has 0 heterocycles. The molecule has 90 valence electrons. The first kappa shape index (κ1) is 14.0. The van der Waals surface area contributed by atoms with Crippen LogP contribution in [-0.4, -0.2) is 30.4 Å². The number of ether oxygens (including phenoxy) is 1. The molecule has 0 aromatic heterocycles. The summed E-state index contributed by atoms with van der Waals surface area (Å²) in [5, 5.41) is 10.9. The van der Waals surface area contributed by atoms with E-state index in [-0.39, 0.29) is 19.0 Å². The van der Waals surface area contributed by atoms with Crippen molar-refractivity contribution >= 4 is 5.84 Å². The molecule has 0 rings (SSSR count). The highest BCUT2D eigenvalue weighted by Crippen LogP contribution is 2.18. The van der Waals surface area contributed by atoms with E-state index >= 15 is 0 Å². The summed E-state index contributed by atoms with van der Waals surface area (Å²) in [5.41, 5.74) is 5.18. The molecule has 3 N–H and O–H groups in total. The number of hydrogen-bond acceptors (Lipinski definition) is 3. The van der Waals surface area contributed by atoms with Gasteiger partial charge in [0, 0.05) is 13.0 Å². The zero-order chi connectivity index (χ0) is 11.7. The largest absolute Gasteiger partial charge is 0.409 e. The van der Waals surface area contributed by atoms with Crippen LogP contribution in [0.5, 0.6) is 0 Å². The molecule has 0 bridgehead atoms. The Morgan fingerprint density at radius 1 is 1.27 bits per heavy atom. The van der Waals surface area contributed by atoms with Gasteiger partial charge in [-0.1, -0.05) is 5.16 Å². The van der Waals surface area contributed by atoms with Crippen LogP contribution in [0.4, 0.5) is 13.2 Å². The third-order valence-electron chi connectivity index (χ3n) is 1.63. The zero-order valence-corrected chi connectivity index (χ0v) is 8.26. The minimum Gasteiger partial charge on any atom is -0.409 e. The van der Waals surface area contributed by atoms with Crippen molar-refractivity contribution < 1.29 is 23.1 Å². The molecule has 0 aliphatic rings. The molecule has 0 aliphatic heterocycles. The molecule has 0 fully saturated rings. The molecule has 0 spiro atoms. The van der Waals surface area contributed by atoms with Gasteiger partial charge < -0.3 is 15.7 Å². The van der Waals surface area contributed by atoms with Crippen molar-refractivity contribution in [2.45, 2.75) is 31.9 Å². The number of unbranched alkanes of at least 4 members (excludes halogenated alkanes) is 1. The first-order chi connectivity index (χ1) is 6.95. The van der Waals surface area contributed by atoms with Crippen LogP contribution in [-0.2, 0) is 4.74 Å². The molecule has 0 unspecified atom stereocenters. The van der Waals surface area contributed by atoms with Crippen LogP contribution in [0.3, 0.4) is 0 Å². The van der Waals surface area contributed by atoms with Crippen LogP contribution in [0.2, 0.25) is 0 Å². The van der Waals surface area contributed by atoms with E-state index < -0.39 is 12.6 Å². The summed E-state index contributed by atoms with van der Waals surface area (Å²) >= 11 is 0. The lowest BCUT2D eigenvalue weighted by Gasteiger charge is -2.06. The van der Waals surface area contributed by atoms with Crippen molar-refractivity contribution in [1.82, 2.24) is 0 Å². The lowest BCUT2D eigenvalue weighted by molar-refractivity contribution is -0.145. The predicted octanol–water partition coefficient (Wildman–Crippen LogP) is 1.87. The monoisotopic (exact) mass is 228 g/mol. The summed E-state index contributed by atoms with van der Waals surface area (Å²) in [7, 11) is 0. The molecule has 0 aliphatic carbocycles. The molecule has 0 aromatic carbocycles. The third kappa shape index (κ3) is 10.9. The molecular weight excluding hydrogens is 213 g/mol. The molecule has 4 nitrogen and oxygen atoms in total. The molecule has 0 saturated heterocycles. The molecule has 0 atom stereocenters. The molecule has 0 aromatic rings. The highest BCUT2D eigenvalue weighted by Gasteiger charge is 2.26. The van der Waals surface area contributed by atoms with Crippen LogP contribution >= 0.6 is 0 Å². The highest BCUT2D eigenvalue weighted by molar-refractivity contribution is 5.79. The van der Waals surface area contributed by atoms with Crippen LogP contribution in [0.25, 0.3) is 0 Å². The lowest BCUT2D eigenvalue weighted by Crippen LogP contribution is -2.13. The quantitative estimate of drug-likeness (QED) is 0.230. The van der Waals surface area contributed by atoms with Gasteiger partial charge in [0.15, 0.2) is 0 Å². The van der Waals surface area contributed by atoms with Crippen molar-refractivity contribution in [3.8, 4) is 0 Å². The fourth-order valence-electron chi connectivity index (χ4n) is 0.850. The van der Waals surface area contributed by atoms with E-state index in [1.54, 1.807) is 0 Å². The first-order valence-electron chi connectivity index (χ1n) is 4.56. The maximum Gasteiger partial charge on any atom is 0.391 e. The Balaban J connectivity index is 3.19. The number of hydrogen-bond donors (Lipinski definition) is 2.